The molecule has 1 heterocycles. The highest BCUT2D eigenvalue weighted by Crippen LogP contribution is 2.12. The largest absolute Gasteiger partial charge is 0.479 e. The maximum absolute atomic E-state index is 11.3. The molecule has 1 amide bonds. The van der Waals surface area contributed by atoms with Gasteiger partial charge in [-0.25, -0.2) is 0 Å². The molecular formula is C12H19N3O2. The van der Waals surface area contributed by atoms with Crippen LogP contribution >= 0.6 is 0 Å². The molecule has 94 valence electrons. The fourth-order valence-corrected chi connectivity index (χ4v) is 1.39. The SMILES string of the molecule is CNC(=O)C(C)Oc1ccc(CC(C)N)nc1. The Hall–Kier alpha value is -1.62. The Morgan fingerprint density at radius 1 is 1.53 bits per heavy atom. The van der Waals surface area contributed by atoms with Crippen LogP contribution in [0, 0.1) is 0 Å². The number of hydrogen-bond acceptors (Lipinski definition) is 4. The Morgan fingerprint density at radius 3 is 2.71 bits per heavy atom. The van der Waals surface area contributed by atoms with E-state index in [4.69, 9.17) is 10.5 Å². The number of likely N-dealkylation sites (N-methyl/N-ethyl adjacent to an activating group) is 1. The molecule has 5 heteroatoms. The fraction of sp³-hybridized carbons (Fsp3) is 0.500. The molecule has 2 unspecified atom stereocenters. The third-order valence-electron chi connectivity index (χ3n) is 2.26. The van der Waals surface area contributed by atoms with E-state index in [-0.39, 0.29) is 11.9 Å². The first kappa shape index (κ1) is 13.4. The van der Waals surface area contributed by atoms with Crippen molar-refractivity contribution in [2.45, 2.75) is 32.4 Å². The smallest absolute Gasteiger partial charge is 0.260 e. The van der Waals surface area contributed by atoms with Crippen molar-refractivity contribution in [3.8, 4) is 5.75 Å². The van der Waals surface area contributed by atoms with Crippen LogP contribution in [0.1, 0.15) is 19.5 Å². The molecule has 5 nitrogen and oxygen atoms in total. The van der Waals surface area contributed by atoms with E-state index in [0.717, 1.165) is 12.1 Å². The Morgan fingerprint density at radius 2 is 2.24 bits per heavy atom. The van der Waals surface area contributed by atoms with Gasteiger partial charge in [0.2, 0.25) is 0 Å². The Kier molecular flexibility index (Phi) is 4.90. The van der Waals surface area contributed by atoms with Gasteiger partial charge in [-0.05, 0) is 26.0 Å². The number of amides is 1. The van der Waals surface area contributed by atoms with Gasteiger partial charge in [0.05, 0.1) is 6.20 Å². The van der Waals surface area contributed by atoms with E-state index in [9.17, 15) is 4.79 Å². The number of aromatic nitrogens is 1. The van der Waals surface area contributed by atoms with Crippen molar-refractivity contribution in [2.75, 3.05) is 7.05 Å². The number of nitrogens with two attached hydrogens (primary N) is 1. The predicted octanol–water partition coefficient (Wildman–Crippen LogP) is 0.485. The van der Waals surface area contributed by atoms with Crippen LogP contribution in [0.25, 0.3) is 0 Å². The quantitative estimate of drug-likeness (QED) is 0.781. The zero-order valence-corrected chi connectivity index (χ0v) is 10.4. The Labute approximate surface area is 101 Å². The van der Waals surface area contributed by atoms with Gasteiger partial charge in [-0.2, -0.15) is 0 Å². The maximum atomic E-state index is 11.3. The van der Waals surface area contributed by atoms with E-state index in [1.54, 1.807) is 26.2 Å². The maximum Gasteiger partial charge on any atom is 0.260 e. The summed E-state index contributed by atoms with van der Waals surface area (Å²) in [6.45, 7) is 3.62. The summed E-state index contributed by atoms with van der Waals surface area (Å²) >= 11 is 0. The van der Waals surface area contributed by atoms with E-state index in [0.29, 0.717) is 5.75 Å². The van der Waals surface area contributed by atoms with Crippen LogP contribution < -0.4 is 15.8 Å². The number of pyridine rings is 1. The highest BCUT2D eigenvalue weighted by Gasteiger charge is 2.12. The van der Waals surface area contributed by atoms with Crippen LogP contribution in [0.5, 0.6) is 5.75 Å². The second-order valence-corrected chi connectivity index (χ2v) is 4.04. The van der Waals surface area contributed by atoms with E-state index >= 15 is 0 Å². The molecule has 0 fully saturated rings. The molecule has 0 aromatic carbocycles. The van der Waals surface area contributed by atoms with E-state index in [1.807, 2.05) is 13.0 Å². The number of nitrogens with zero attached hydrogens (tertiary/aromatic N) is 1. The van der Waals surface area contributed by atoms with E-state index in [1.165, 1.54) is 0 Å². The summed E-state index contributed by atoms with van der Waals surface area (Å²) in [6, 6.07) is 3.73. The molecule has 2 atom stereocenters. The second kappa shape index (κ2) is 6.20. The number of rotatable bonds is 5. The van der Waals surface area contributed by atoms with Gasteiger partial charge in [-0.1, -0.05) is 0 Å². The monoisotopic (exact) mass is 237 g/mol. The van der Waals surface area contributed by atoms with Crippen LogP contribution in [0.2, 0.25) is 0 Å². The lowest BCUT2D eigenvalue weighted by molar-refractivity contribution is -0.126. The summed E-state index contributed by atoms with van der Waals surface area (Å²) in [6.07, 6.45) is 1.81. The van der Waals surface area contributed by atoms with Crippen molar-refractivity contribution in [1.82, 2.24) is 10.3 Å². The lowest BCUT2D eigenvalue weighted by atomic mass is 10.2. The first-order valence-electron chi connectivity index (χ1n) is 5.61. The Balaban J connectivity index is 2.59. The van der Waals surface area contributed by atoms with Gasteiger partial charge in [0, 0.05) is 25.2 Å². The van der Waals surface area contributed by atoms with Crippen molar-refractivity contribution in [3.63, 3.8) is 0 Å². The minimum absolute atomic E-state index is 0.0825. The minimum Gasteiger partial charge on any atom is -0.479 e. The number of nitrogens with one attached hydrogen (secondary N) is 1. The van der Waals surface area contributed by atoms with Crippen LogP contribution in [0.15, 0.2) is 18.3 Å². The first-order valence-corrected chi connectivity index (χ1v) is 5.61. The zero-order chi connectivity index (χ0) is 12.8. The van der Waals surface area contributed by atoms with Gasteiger partial charge in [-0.3, -0.25) is 9.78 Å². The van der Waals surface area contributed by atoms with Crippen molar-refractivity contribution in [1.29, 1.82) is 0 Å². The van der Waals surface area contributed by atoms with Gasteiger partial charge < -0.3 is 15.8 Å². The summed E-state index contributed by atoms with van der Waals surface area (Å²) in [5.41, 5.74) is 6.59. The predicted molar refractivity (Wildman–Crippen MR) is 65.7 cm³/mol. The molecule has 0 saturated heterocycles. The number of carbonyl (C=O) groups is 1. The molecule has 0 aliphatic carbocycles. The molecule has 0 aliphatic heterocycles. The lowest BCUT2D eigenvalue weighted by Gasteiger charge is -2.13. The van der Waals surface area contributed by atoms with Gasteiger partial charge in [0.25, 0.3) is 5.91 Å². The van der Waals surface area contributed by atoms with Crippen LogP contribution in [0.3, 0.4) is 0 Å². The van der Waals surface area contributed by atoms with Gasteiger partial charge >= 0.3 is 0 Å². The van der Waals surface area contributed by atoms with Gasteiger partial charge in [0.15, 0.2) is 6.10 Å². The molecule has 0 spiro atoms. The average Bonchev–Trinajstić information content (AvgIpc) is 2.30. The Bertz CT molecular complexity index is 363. The van der Waals surface area contributed by atoms with E-state index in [2.05, 4.69) is 10.3 Å². The molecule has 0 radical (unpaired) electrons. The normalized spacial score (nSPS) is 13.9. The average molecular weight is 237 g/mol. The van der Waals surface area contributed by atoms with Crippen molar-refractivity contribution >= 4 is 5.91 Å². The molecule has 0 bridgehead atoms. The summed E-state index contributed by atoms with van der Waals surface area (Å²) in [7, 11) is 1.58. The highest BCUT2D eigenvalue weighted by molar-refractivity contribution is 5.80. The number of ether oxygens (including phenoxy) is 1. The fourth-order valence-electron chi connectivity index (χ4n) is 1.39. The summed E-state index contributed by atoms with van der Waals surface area (Å²) in [4.78, 5) is 15.5. The van der Waals surface area contributed by atoms with Gasteiger partial charge in [-0.15, -0.1) is 0 Å². The zero-order valence-electron chi connectivity index (χ0n) is 10.4. The molecule has 0 aliphatic rings. The topological polar surface area (TPSA) is 77.2 Å². The summed E-state index contributed by atoms with van der Waals surface area (Å²) in [5.74, 6) is 0.416. The van der Waals surface area contributed by atoms with Gasteiger partial charge in [0.1, 0.15) is 5.75 Å². The van der Waals surface area contributed by atoms with Crippen LogP contribution in [-0.2, 0) is 11.2 Å². The second-order valence-electron chi connectivity index (χ2n) is 4.04. The van der Waals surface area contributed by atoms with Crippen molar-refractivity contribution < 1.29 is 9.53 Å². The first-order chi connectivity index (χ1) is 8.02. The summed E-state index contributed by atoms with van der Waals surface area (Å²) < 4.78 is 5.42. The molecule has 3 N–H and O–H groups in total. The van der Waals surface area contributed by atoms with Crippen LogP contribution in [0.4, 0.5) is 0 Å². The number of carbonyl (C=O) groups excluding carboxylic acids is 1. The van der Waals surface area contributed by atoms with Crippen molar-refractivity contribution in [3.05, 3.63) is 24.0 Å². The molecule has 1 aromatic heterocycles. The summed E-state index contributed by atoms with van der Waals surface area (Å²) in [5, 5.41) is 2.52. The van der Waals surface area contributed by atoms with Crippen molar-refractivity contribution in [2.24, 2.45) is 5.73 Å². The molecule has 0 saturated carbocycles. The standard InChI is InChI=1S/C12H19N3O2/c1-8(13)6-10-4-5-11(7-15-10)17-9(2)12(16)14-3/h4-5,7-9H,6,13H2,1-3H3,(H,14,16). The third kappa shape index (κ3) is 4.40. The molecule has 17 heavy (non-hydrogen) atoms. The van der Waals surface area contributed by atoms with E-state index < -0.39 is 6.10 Å². The number of hydrogen-bond donors (Lipinski definition) is 2. The molecule has 1 aromatic rings. The highest BCUT2D eigenvalue weighted by atomic mass is 16.5. The minimum atomic E-state index is -0.527. The molecular weight excluding hydrogens is 218 g/mol. The lowest BCUT2D eigenvalue weighted by Crippen LogP contribution is -2.33. The molecule has 1 rings (SSSR count). The van der Waals surface area contributed by atoms with Crippen LogP contribution in [-0.4, -0.2) is 30.1 Å². The third-order valence-corrected chi connectivity index (χ3v) is 2.26.